The number of rotatable bonds is 7. The number of aryl methyl sites for hydroxylation is 1. The van der Waals surface area contributed by atoms with Gasteiger partial charge < -0.3 is 21.3 Å². The summed E-state index contributed by atoms with van der Waals surface area (Å²) in [4.78, 5) is 16.1. The minimum Gasteiger partial charge on any atom is -0.367 e. The number of hydrogen-bond acceptors (Lipinski definition) is 6. The fourth-order valence-electron chi connectivity index (χ4n) is 2.48. The Morgan fingerprint density at radius 1 is 0.968 bits per heavy atom. The van der Waals surface area contributed by atoms with E-state index in [9.17, 15) is 18.0 Å². The molecule has 0 saturated carbocycles. The SMILES string of the molecule is Cc1ccc(Nc2ccc(NCCNC(=O)Nc3cccc(C(F)(F)F)c3)nn2)nc1. The van der Waals surface area contributed by atoms with Crippen molar-refractivity contribution in [3.8, 4) is 0 Å². The molecular formula is C20H20F3N7O. The van der Waals surface area contributed by atoms with E-state index in [1.54, 1.807) is 18.3 Å². The fraction of sp³-hybridized carbons (Fsp3) is 0.200. The zero-order valence-corrected chi connectivity index (χ0v) is 16.5. The molecule has 0 aliphatic heterocycles. The minimum atomic E-state index is -4.47. The largest absolute Gasteiger partial charge is 0.416 e. The summed E-state index contributed by atoms with van der Waals surface area (Å²) in [6.07, 6.45) is -2.73. The number of urea groups is 1. The number of carbonyl (C=O) groups is 1. The summed E-state index contributed by atoms with van der Waals surface area (Å²) in [6, 6.07) is 11.0. The summed E-state index contributed by atoms with van der Waals surface area (Å²) in [7, 11) is 0. The second-order valence-corrected chi connectivity index (χ2v) is 6.54. The van der Waals surface area contributed by atoms with Gasteiger partial charge in [-0.25, -0.2) is 9.78 Å². The highest BCUT2D eigenvalue weighted by Gasteiger charge is 2.30. The Labute approximate surface area is 176 Å². The van der Waals surface area contributed by atoms with Gasteiger partial charge in [-0.1, -0.05) is 12.1 Å². The van der Waals surface area contributed by atoms with Crippen molar-refractivity contribution < 1.29 is 18.0 Å². The Hall–Kier alpha value is -3.89. The molecule has 1 aromatic carbocycles. The fourth-order valence-corrected chi connectivity index (χ4v) is 2.48. The number of carbonyl (C=O) groups excluding carboxylic acids is 1. The first-order valence-electron chi connectivity index (χ1n) is 9.29. The van der Waals surface area contributed by atoms with Gasteiger partial charge in [0.15, 0.2) is 5.82 Å². The number of hydrogen-bond donors (Lipinski definition) is 4. The summed E-state index contributed by atoms with van der Waals surface area (Å²) >= 11 is 0. The highest BCUT2D eigenvalue weighted by atomic mass is 19.4. The molecule has 162 valence electrons. The smallest absolute Gasteiger partial charge is 0.367 e. The second-order valence-electron chi connectivity index (χ2n) is 6.54. The predicted octanol–water partition coefficient (Wildman–Crippen LogP) is 4.18. The molecule has 2 aromatic heterocycles. The first-order chi connectivity index (χ1) is 14.8. The maximum Gasteiger partial charge on any atom is 0.416 e. The number of amides is 2. The average molecular weight is 431 g/mol. The van der Waals surface area contributed by atoms with Gasteiger partial charge in [0.1, 0.15) is 11.6 Å². The quantitative estimate of drug-likeness (QED) is 0.419. The van der Waals surface area contributed by atoms with E-state index in [1.807, 2.05) is 19.1 Å². The molecule has 2 heterocycles. The van der Waals surface area contributed by atoms with Crippen LogP contribution in [0.3, 0.4) is 0 Å². The van der Waals surface area contributed by atoms with Crippen LogP contribution >= 0.6 is 0 Å². The van der Waals surface area contributed by atoms with Crippen LogP contribution in [0.5, 0.6) is 0 Å². The van der Waals surface area contributed by atoms with Gasteiger partial charge in [0, 0.05) is 25.0 Å². The minimum absolute atomic E-state index is 0.0531. The van der Waals surface area contributed by atoms with Crippen molar-refractivity contribution in [1.82, 2.24) is 20.5 Å². The molecule has 8 nitrogen and oxygen atoms in total. The van der Waals surface area contributed by atoms with Gasteiger partial charge in [-0.2, -0.15) is 13.2 Å². The summed E-state index contributed by atoms with van der Waals surface area (Å²) in [6.45, 7) is 2.51. The molecule has 0 saturated heterocycles. The standard InChI is InChI=1S/C20H20F3N7O/c1-13-5-6-16(26-12-13)28-18-8-7-17(29-30-18)24-9-10-25-19(31)27-15-4-2-3-14(11-15)20(21,22)23/h2-8,11-12H,9-10H2,1H3,(H,24,29)(H2,25,27,31)(H,26,28,30). The monoisotopic (exact) mass is 431 g/mol. The molecule has 0 aliphatic rings. The molecule has 0 spiro atoms. The lowest BCUT2D eigenvalue weighted by Gasteiger charge is -2.11. The zero-order valence-electron chi connectivity index (χ0n) is 16.5. The molecule has 0 atom stereocenters. The van der Waals surface area contributed by atoms with Crippen molar-refractivity contribution in [1.29, 1.82) is 0 Å². The van der Waals surface area contributed by atoms with Crippen LogP contribution in [0.25, 0.3) is 0 Å². The van der Waals surface area contributed by atoms with Crippen LogP contribution in [-0.4, -0.2) is 34.3 Å². The molecule has 3 rings (SSSR count). The summed E-state index contributed by atoms with van der Waals surface area (Å²) in [5, 5.41) is 19.0. The Bertz CT molecular complexity index is 1010. The van der Waals surface area contributed by atoms with Crippen molar-refractivity contribution in [2.75, 3.05) is 29.0 Å². The third-order valence-corrected chi connectivity index (χ3v) is 4.00. The Morgan fingerprint density at radius 3 is 2.39 bits per heavy atom. The van der Waals surface area contributed by atoms with Gasteiger partial charge in [0.25, 0.3) is 0 Å². The molecule has 0 aliphatic carbocycles. The third kappa shape index (κ3) is 6.84. The van der Waals surface area contributed by atoms with Crippen LogP contribution in [0.1, 0.15) is 11.1 Å². The van der Waals surface area contributed by atoms with Crippen LogP contribution in [0, 0.1) is 6.92 Å². The van der Waals surface area contributed by atoms with Crippen molar-refractivity contribution in [2.45, 2.75) is 13.1 Å². The van der Waals surface area contributed by atoms with Crippen LogP contribution < -0.4 is 21.3 Å². The van der Waals surface area contributed by atoms with E-state index in [0.717, 1.165) is 17.7 Å². The Balaban J connectivity index is 1.40. The first kappa shape index (κ1) is 21.8. The van der Waals surface area contributed by atoms with Crippen molar-refractivity contribution in [3.05, 3.63) is 65.9 Å². The normalized spacial score (nSPS) is 11.0. The molecule has 2 amide bonds. The predicted molar refractivity (Wildman–Crippen MR) is 111 cm³/mol. The van der Waals surface area contributed by atoms with Gasteiger partial charge in [-0.3, -0.25) is 0 Å². The topological polar surface area (TPSA) is 104 Å². The maximum absolute atomic E-state index is 12.7. The van der Waals surface area contributed by atoms with E-state index in [1.165, 1.54) is 12.1 Å². The first-order valence-corrected chi connectivity index (χ1v) is 9.29. The molecule has 3 aromatic rings. The molecule has 31 heavy (non-hydrogen) atoms. The molecule has 0 fully saturated rings. The van der Waals surface area contributed by atoms with Crippen LogP contribution in [0.4, 0.5) is 41.1 Å². The van der Waals surface area contributed by atoms with E-state index in [4.69, 9.17) is 0 Å². The lowest BCUT2D eigenvalue weighted by molar-refractivity contribution is -0.137. The van der Waals surface area contributed by atoms with Gasteiger partial charge in [-0.15, -0.1) is 10.2 Å². The molecule has 11 heteroatoms. The van der Waals surface area contributed by atoms with Crippen LogP contribution in [0.15, 0.2) is 54.7 Å². The Morgan fingerprint density at radius 2 is 1.71 bits per heavy atom. The van der Waals surface area contributed by atoms with Crippen molar-refractivity contribution in [2.24, 2.45) is 0 Å². The third-order valence-electron chi connectivity index (χ3n) is 4.00. The highest BCUT2D eigenvalue weighted by molar-refractivity contribution is 5.89. The number of nitrogens with one attached hydrogen (secondary N) is 4. The molecule has 4 N–H and O–H groups in total. The van der Waals surface area contributed by atoms with Crippen molar-refractivity contribution in [3.63, 3.8) is 0 Å². The lowest BCUT2D eigenvalue weighted by Crippen LogP contribution is -2.32. The summed E-state index contributed by atoms with van der Waals surface area (Å²) in [5.41, 5.74) is 0.271. The maximum atomic E-state index is 12.7. The molecule has 0 radical (unpaired) electrons. The summed E-state index contributed by atoms with van der Waals surface area (Å²) in [5.74, 6) is 1.68. The zero-order chi connectivity index (χ0) is 22.3. The highest BCUT2D eigenvalue weighted by Crippen LogP contribution is 2.30. The second kappa shape index (κ2) is 9.74. The number of benzene rings is 1. The number of pyridine rings is 1. The van der Waals surface area contributed by atoms with Gasteiger partial charge in [-0.05, 0) is 48.9 Å². The molecular weight excluding hydrogens is 411 g/mol. The van der Waals surface area contributed by atoms with Gasteiger partial charge >= 0.3 is 12.2 Å². The number of aromatic nitrogens is 3. The van der Waals surface area contributed by atoms with E-state index in [2.05, 4.69) is 36.4 Å². The Kier molecular flexibility index (Phi) is 6.85. The number of halogens is 3. The van der Waals surface area contributed by atoms with E-state index >= 15 is 0 Å². The number of alkyl halides is 3. The van der Waals surface area contributed by atoms with Crippen LogP contribution in [-0.2, 0) is 6.18 Å². The summed E-state index contributed by atoms with van der Waals surface area (Å²) < 4.78 is 38.1. The number of anilines is 4. The van der Waals surface area contributed by atoms with Gasteiger partial charge in [0.05, 0.1) is 5.56 Å². The van der Waals surface area contributed by atoms with E-state index in [-0.39, 0.29) is 12.2 Å². The van der Waals surface area contributed by atoms with Crippen molar-refractivity contribution >= 4 is 29.2 Å². The molecule has 0 unspecified atom stereocenters. The van der Waals surface area contributed by atoms with E-state index in [0.29, 0.717) is 24.0 Å². The van der Waals surface area contributed by atoms with Gasteiger partial charge in [0.2, 0.25) is 0 Å². The van der Waals surface area contributed by atoms with E-state index < -0.39 is 17.8 Å². The lowest BCUT2D eigenvalue weighted by atomic mass is 10.2. The number of nitrogens with zero attached hydrogens (tertiary/aromatic N) is 3. The van der Waals surface area contributed by atoms with Crippen LogP contribution in [0.2, 0.25) is 0 Å². The average Bonchev–Trinajstić information content (AvgIpc) is 2.74. The molecule has 0 bridgehead atoms.